The van der Waals surface area contributed by atoms with Gasteiger partial charge in [0.05, 0.1) is 13.7 Å². The van der Waals surface area contributed by atoms with Crippen molar-refractivity contribution in [1.29, 1.82) is 0 Å². The van der Waals surface area contributed by atoms with Gasteiger partial charge in [-0.15, -0.1) is 0 Å². The van der Waals surface area contributed by atoms with Crippen molar-refractivity contribution < 1.29 is 18.7 Å². The highest BCUT2D eigenvalue weighted by Crippen LogP contribution is 2.40. The summed E-state index contributed by atoms with van der Waals surface area (Å²) in [5.74, 6) is 0.0519. The topological polar surface area (TPSA) is 74.8 Å². The fraction of sp³-hybridized carbons (Fsp3) is 0.409. The lowest BCUT2D eigenvalue weighted by molar-refractivity contribution is -0.129. The average molecular weight is 412 g/mol. The van der Waals surface area contributed by atoms with Crippen LogP contribution in [-0.4, -0.2) is 61.0 Å². The number of halogens is 1. The molecule has 1 aromatic heterocycles. The van der Waals surface area contributed by atoms with Crippen LogP contribution in [0.25, 0.3) is 0 Å². The number of carbonyl (C=O) groups is 2. The summed E-state index contributed by atoms with van der Waals surface area (Å²) in [4.78, 5) is 32.7. The molecule has 0 unspecified atom stereocenters. The molecule has 2 aliphatic rings. The number of amides is 2. The van der Waals surface area contributed by atoms with Gasteiger partial charge < -0.3 is 19.9 Å². The third-order valence-corrected chi connectivity index (χ3v) is 5.80. The van der Waals surface area contributed by atoms with Crippen LogP contribution in [0.1, 0.15) is 28.9 Å². The Labute approximate surface area is 174 Å². The summed E-state index contributed by atoms with van der Waals surface area (Å²) in [7, 11) is 3.33. The maximum atomic E-state index is 13.7. The lowest BCUT2D eigenvalue weighted by Crippen LogP contribution is -2.48. The standard InChI is InChI=1S/C22H25FN4O3/c1-26-9-10-27(14-20(26)28)17-5-8-24-18(12-17)21(29)25-22(6-7-22)13-15-11-16(23)3-4-19(15)30-2/h3-5,8,11-12H,6-7,9-10,13-14H2,1-2H3,(H,25,29). The van der Waals surface area contributed by atoms with E-state index in [0.717, 1.165) is 24.1 Å². The van der Waals surface area contributed by atoms with E-state index < -0.39 is 5.54 Å². The SMILES string of the molecule is COc1ccc(F)cc1CC1(NC(=O)c2cc(N3CCN(C)C(=O)C3)ccn2)CC1. The third kappa shape index (κ3) is 4.22. The van der Waals surface area contributed by atoms with E-state index in [1.807, 2.05) is 4.90 Å². The quantitative estimate of drug-likeness (QED) is 0.786. The fourth-order valence-corrected chi connectivity index (χ4v) is 3.77. The monoisotopic (exact) mass is 412 g/mol. The van der Waals surface area contributed by atoms with Gasteiger partial charge in [-0.05, 0) is 55.2 Å². The average Bonchev–Trinajstić information content (AvgIpc) is 3.49. The van der Waals surface area contributed by atoms with Crippen molar-refractivity contribution in [2.24, 2.45) is 0 Å². The number of methoxy groups -OCH3 is 1. The number of rotatable bonds is 6. The van der Waals surface area contributed by atoms with E-state index in [4.69, 9.17) is 4.74 Å². The number of nitrogens with one attached hydrogen (secondary N) is 1. The number of hydrogen-bond acceptors (Lipinski definition) is 5. The molecule has 0 radical (unpaired) electrons. The third-order valence-electron chi connectivity index (χ3n) is 5.80. The Kier molecular flexibility index (Phi) is 5.32. The summed E-state index contributed by atoms with van der Waals surface area (Å²) in [6, 6.07) is 7.94. The van der Waals surface area contributed by atoms with E-state index in [2.05, 4.69) is 10.3 Å². The zero-order valence-corrected chi connectivity index (χ0v) is 17.2. The Morgan fingerprint density at radius 1 is 1.27 bits per heavy atom. The lowest BCUT2D eigenvalue weighted by atomic mass is 10.0. The highest BCUT2D eigenvalue weighted by molar-refractivity contribution is 5.94. The normalized spacial score (nSPS) is 17.6. The Morgan fingerprint density at radius 3 is 2.77 bits per heavy atom. The molecule has 158 valence electrons. The highest BCUT2D eigenvalue weighted by atomic mass is 19.1. The van der Waals surface area contributed by atoms with Crippen molar-refractivity contribution in [2.75, 3.05) is 38.7 Å². The van der Waals surface area contributed by atoms with Crippen LogP contribution in [-0.2, 0) is 11.2 Å². The minimum atomic E-state index is -0.417. The number of anilines is 1. The van der Waals surface area contributed by atoms with Crippen LogP contribution in [0.4, 0.5) is 10.1 Å². The van der Waals surface area contributed by atoms with Gasteiger partial charge >= 0.3 is 0 Å². The van der Waals surface area contributed by atoms with Gasteiger partial charge in [-0.3, -0.25) is 14.6 Å². The first kappa shape index (κ1) is 20.1. The van der Waals surface area contributed by atoms with Crippen LogP contribution in [0.2, 0.25) is 0 Å². The summed E-state index contributed by atoms with van der Waals surface area (Å²) in [6.45, 7) is 1.63. The number of nitrogens with zero attached hydrogens (tertiary/aromatic N) is 3. The largest absolute Gasteiger partial charge is 0.496 e. The Balaban J connectivity index is 1.47. The van der Waals surface area contributed by atoms with E-state index in [-0.39, 0.29) is 24.2 Å². The van der Waals surface area contributed by atoms with Gasteiger partial charge in [-0.2, -0.15) is 0 Å². The Bertz CT molecular complexity index is 977. The van der Waals surface area contributed by atoms with Crippen LogP contribution in [0.15, 0.2) is 36.5 Å². The first-order valence-electron chi connectivity index (χ1n) is 9.99. The van der Waals surface area contributed by atoms with Gasteiger partial charge in [0.25, 0.3) is 5.91 Å². The predicted molar refractivity (Wildman–Crippen MR) is 110 cm³/mol. The summed E-state index contributed by atoms with van der Waals surface area (Å²) in [5, 5.41) is 3.08. The van der Waals surface area contributed by atoms with Gasteiger partial charge in [0.15, 0.2) is 0 Å². The van der Waals surface area contributed by atoms with Crippen LogP contribution < -0.4 is 15.0 Å². The number of likely N-dealkylation sites (N-methyl/N-ethyl adjacent to an activating group) is 1. The number of ether oxygens (including phenoxy) is 1. The van der Waals surface area contributed by atoms with Crippen molar-refractivity contribution in [1.82, 2.24) is 15.2 Å². The molecule has 7 nitrogen and oxygen atoms in total. The van der Waals surface area contributed by atoms with E-state index in [1.165, 1.54) is 12.1 Å². The van der Waals surface area contributed by atoms with Gasteiger partial charge in [0.1, 0.15) is 17.3 Å². The second-order valence-corrected chi connectivity index (χ2v) is 8.00. The molecule has 0 atom stereocenters. The van der Waals surface area contributed by atoms with Crippen LogP contribution >= 0.6 is 0 Å². The zero-order chi connectivity index (χ0) is 21.3. The van der Waals surface area contributed by atoms with Crippen molar-refractivity contribution in [3.8, 4) is 5.75 Å². The number of piperazine rings is 1. The molecule has 1 aromatic carbocycles. The molecule has 2 aromatic rings. The summed E-state index contributed by atoms with van der Waals surface area (Å²) in [5.41, 5.74) is 1.41. The molecule has 1 N–H and O–H groups in total. The molecular formula is C22H25FN4O3. The Hall–Kier alpha value is -3.16. The molecule has 1 saturated heterocycles. The second kappa shape index (κ2) is 7.93. The minimum absolute atomic E-state index is 0.0463. The van der Waals surface area contributed by atoms with Crippen molar-refractivity contribution in [3.05, 3.63) is 53.6 Å². The van der Waals surface area contributed by atoms with Crippen molar-refractivity contribution in [2.45, 2.75) is 24.8 Å². The first-order chi connectivity index (χ1) is 14.4. The lowest BCUT2D eigenvalue weighted by Gasteiger charge is -2.33. The Morgan fingerprint density at radius 2 is 2.07 bits per heavy atom. The van der Waals surface area contributed by atoms with Crippen LogP contribution in [0, 0.1) is 5.82 Å². The number of pyridine rings is 1. The maximum Gasteiger partial charge on any atom is 0.270 e. The maximum absolute atomic E-state index is 13.7. The molecule has 8 heteroatoms. The highest BCUT2D eigenvalue weighted by Gasteiger charge is 2.45. The van der Waals surface area contributed by atoms with Gasteiger partial charge in [-0.1, -0.05) is 0 Å². The zero-order valence-electron chi connectivity index (χ0n) is 17.2. The summed E-state index contributed by atoms with van der Waals surface area (Å²) in [6.07, 6.45) is 3.70. The van der Waals surface area contributed by atoms with E-state index in [0.29, 0.717) is 31.0 Å². The molecule has 2 amide bonds. The molecule has 0 bridgehead atoms. The van der Waals surface area contributed by atoms with E-state index in [1.54, 1.807) is 43.5 Å². The van der Waals surface area contributed by atoms with Crippen LogP contribution in [0.5, 0.6) is 5.75 Å². The molecule has 30 heavy (non-hydrogen) atoms. The minimum Gasteiger partial charge on any atom is -0.496 e. The second-order valence-electron chi connectivity index (χ2n) is 8.00. The molecule has 1 aliphatic heterocycles. The van der Waals surface area contributed by atoms with E-state index >= 15 is 0 Å². The van der Waals surface area contributed by atoms with Gasteiger partial charge in [0.2, 0.25) is 5.91 Å². The van der Waals surface area contributed by atoms with Crippen molar-refractivity contribution in [3.63, 3.8) is 0 Å². The molecule has 2 heterocycles. The molecule has 0 spiro atoms. The number of hydrogen-bond donors (Lipinski definition) is 1. The molecule has 1 aliphatic carbocycles. The van der Waals surface area contributed by atoms with Crippen LogP contribution in [0.3, 0.4) is 0 Å². The predicted octanol–water partition coefficient (Wildman–Crippen LogP) is 2.01. The molecule has 2 fully saturated rings. The van der Waals surface area contributed by atoms with E-state index in [9.17, 15) is 14.0 Å². The summed E-state index contributed by atoms with van der Waals surface area (Å²) < 4.78 is 19.0. The molecule has 1 saturated carbocycles. The number of benzene rings is 1. The fourth-order valence-electron chi connectivity index (χ4n) is 3.77. The first-order valence-corrected chi connectivity index (χ1v) is 9.99. The van der Waals surface area contributed by atoms with Gasteiger partial charge in [-0.25, -0.2) is 4.39 Å². The molecule has 4 rings (SSSR count). The summed E-state index contributed by atoms with van der Waals surface area (Å²) >= 11 is 0. The van der Waals surface area contributed by atoms with Gasteiger partial charge in [0, 0.05) is 37.6 Å². The smallest absolute Gasteiger partial charge is 0.270 e. The number of carbonyl (C=O) groups excluding carboxylic acids is 2. The number of aromatic nitrogens is 1. The van der Waals surface area contributed by atoms with Crippen molar-refractivity contribution >= 4 is 17.5 Å². The molecular weight excluding hydrogens is 387 g/mol.